The summed E-state index contributed by atoms with van der Waals surface area (Å²) in [4.78, 5) is 11.4. The number of nitrogen functional groups attached to an aromatic ring is 1. The van der Waals surface area contributed by atoms with Crippen LogP contribution in [-0.4, -0.2) is 22.6 Å². The van der Waals surface area contributed by atoms with E-state index in [1.165, 1.54) is 0 Å². The van der Waals surface area contributed by atoms with E-state index in [-0.39, 0.29) is 0 Å². The lowest BCUT2D eigenvalue weighted by Crippen LogP contribution is -2.27. The highest BCUT2D eigenvalue weighted by Crippen LogP contribution is 2.42. The summed E-state index contributed by atoms with van der Waals surface area (Å²) in [6.07, 6.45) is 2.61. The second-order valence-corrected chi connectivity index (χ2v) is 10.1. The highest BCUT2D eigenvalue weighted by atomic mass is 31.2. The molecule has 0 aliphatic carbocycles. The zero-order valence-corrected chi connectivity index (χ0v) is 20.5. The molecule has 33 heavy (non-hydrogen) atoms. The monoisotopic (exact) mass is 467 g/mol. The molecular weight excluding hydrogens is 440 g/mol. The van der Waals surface area contributed by atoms with E-state index < -0.39 is 7.14 Å². The van der Waals surface area contributed by atoms with Crippen molar-refractivity contribution in [1.29, 1.82) is 0 Å². The van der Waals surface area contributed by atoms with Crippen molar-refractivity contribution in [3.05, 3.63) is 133 Å². The largest absolute Gasteiger partial charge is 0.399 e. The van der Waals surface area contributed by atoms with Crippen LogP contribution in [0.3, 0.4) is 0 Å². The standard InChI is InChI=1S/C19H15O2P.C6H7N.C3H5.Al/c20-15-16-9-7-8-14-19(16)22(21,17-10-3-1-4-11-17)18-12-5-2-6-13-18;7-6-4-2-1-3-5-6;1-3-2;/h1-15H;1-5H,7H2;3H,1-2H2;. The zero-order valence-electron chi connectivity index (χ0n) is 18.5. The molecule has 0 saturated carbocycles. The van der Waals surface area contributed by atoms with Crippen molar-refractivity contribution in [1.82, 2.24) is 0 Å². The zero-order chi connectivity index (χ0) is 23.9. The maximum Gasteiger partial charge on any atom is 0.171 e. The quantitative estimate of drug-likeness (QED) is 0.145. The van der Waals surface area contributed by atoms with E-state index in [2.05, 4.69) is 22.9 Å². The SMILES string of the molecule is C=C[CH2][Al].Nc1ccccc1.O=Cc1ccccc1P(=O)(c1ccccc1)c1ccccc1. The van der Waals surface area contributed by atoms with Gasteiger partial charge < -0.3 is 10.3 Å². The fraction of sp³-hybridized carbons (Fsp3) is 0.0357. The predicted molar refractivity (Wildman–Crippen MR) is 143 cm³/mol. The molecule has 0 aromatic heterocycles. The molecule has 4 rings (SSSR count). The van der Waals surface area contributed by atoms with Gasteiger partial charge >= 0.3 is 0 Å². The maximum atomic E-state index is 14.0. The molecule has 0 fully saturated rings. The molecule has 2 radical (unpaired) electrons. The van der Waals surface area contributed by atoms with E-state index in [9.17, 15) is 9.36 Å². The molecule has 0 saturated heterocycles. The number of allylic oxidation sites excluding steroid dienone is 1. The molecule has 4 aromatic carbocycles. The summed E-state index contributed by atoms with van der Waals surface area (Å²) >= 11 is 2.54. The number of hydrogen-bond acceptors (Lipinski definition) is 3. The number of rotatable bonds is 5. The van der Waals surface area contributed by atoms with Crippen LogP contribution in [0.2, 0.25) is 5.28 Å². The number of anilines is 1. The van der Waals surface area contributed by atoms with Crippen LogP contribution in [-0.2, 0) is 4.57 Å². The molecule has 0 aliphatic rings. The minimum Gasteiger partial charge on any atom is -0.399 e. The van der Waals surface area contributed by atoms with Gasteiger partial charge in [0.05, 0.1) is 0 Å². The first-order valence-electron chi connectivity index (χ1n) is 10.5. The minimum atomic E-state index is -3.06. The van der Waals surface area contributed by atoms with Gasteiger partial charge in [0.1, 0.15) is 16.3 Å². The topological polar surface area (TPSA) is 60.2 Å². The molecule has 0 heterocycles. The van der Waals surface area contributed by atoms with Crippen molar-refractivity contribution in [2.75, 3.05) is 5.73 Å². The van der Waals surface area contributed by atoms with Gasteiger partial charge in [0, 0.05) is 27.2 Å². The average Bonchev–Trinajstić information content (AvgIpc) is 2.90. The van der Waals surface area contributed by atoms with Gasteiger partial charge in [0.2, 0.25) is 0 Å². The van der Waals surface area contributed by atoms with Crippen LogP contribution in [0.1, 0.15) is 10.4 Å². The number of benzene rings is 4. The summed E-state index contributed by atoms with van der Waals surface area (Å²) in [6.45, 7) is 3.46. The fourth-order valence-electron chi connectivity index (χ4n) is 3.03. The molecule has 164 valence electrons. The molecule has 0 aliphatic heterocycles. The Kier molecular flexibility index (Phi) is 11.1. The average molecular weight is 467 g/mol. The molecule has 0 unspecified atom stereocenters. The second kappa shape index (κ2) is 14.1. The summed E-state index contributed by atoms with van der Waals surface area (Å²) in [5.41, 5.74) is 6.65. The van der Waals surface area contributed by atoms with E-state index in [0.717, 1.165) is 27.9 Å². The predicted octanol–water partition coefficient (Wildman–Crippen LogP) is 5.17. The third-order valence-corrected chi connectivity index (χ3v) is 8.08. The van der Waals surface area contributed by atoms with Crippen molar-refractivity contribution in [3.8, 4) is 0 Å². The van der Waals surface area contributed by atoms with Gasteiger partial charge in [0.15, 0.2) is 13.4 Å². The van der Waals surface area contributed by atoms with Crippen LogP contribution >= 0.6 is 7.14 Å². The summed E-state index contributed by atoms with van der Waals surface area (Å²) in [5.74, 6) is 0. The Morgan fingerprint density at radius 2 is 1.12 bits per heavy atom. The van der Waals surface area contributed by atoms with Gasteiger partial charge in [-0.3, -0.25) is 4.79 Å². The molecule has 0 atom stereocenters. The van der Waals surface area contributed by atoms with Crippen LogP contribution in [0.15, 0.2) is 128 Å². The summed E-state index contributed by atoms with van der Waals surface area (Å²) < 4.78 is 14.0. The van der Waals surface area contributed by atoms with Crippen molar-refractivity contribution >= 4 is 51.3 Å². The smallest absolute Gasteiger partial charge is 0.171 e. The first-order chi connectivity index (χ1) is 16.1. The van der Waals surface area contributed by atoms with Crippen molar-refractivity contribution in [2.45, 2.75) is 5.28 Å². The summed E-state index contributed by atoms with van der Waals surface area (Å²) in [6, 6.07) is 35.3. The summed E-state index contributed by atoms with van der Waals surface area (Å²) in [5, 5.41) is 3.05. The van der Waals surface area contributed by atoms with E-state index >= 15 is 0 Å². The minimum absolute atomic E-state index is 0.471. The second-order valence-electron chi connectivity index (χ2n) is 6.89. The van der Waals surface area contributed by atoms with Crippen LogP contribution in [0, 0.1) is 0 Å². The molecular formula is C28H27AlNO2P. The number of para-hydroxylation sites is 1. The number of nitrogens with two attached hydrogens (primary N) is 1. The van der Waals surface area contributed by atoms with E-state index in [0.29, 0.717) is 10.9 Å². The first kappa shape index (κ1) is 26.1. The van der Waals surface area contributed by atoms with Crippen molar-refractivity contribution in [2.24, 2.45) is 0 Å². The molecule has 4 aromatic rings. The van der Waals surface area contributed by atoms with Crippen molar-refractivity contribution in [3.63, 3.8) is 0 Å². The van der Waals surface area contributed by atoms with Gasteiger partial charge in [-0.15, -0.1) is 17.9 Å². The van der Waals surface area contributed by atoms with Gasteiger partial charge in [-0.05, 0) is 12.1 Å². The number of aldehydes is 1. The van der Waals surface area contributed by atoms with Gasteiger partial charge in [-0.2, -0.15) is 0 Å². The lowest BCUT2D eigenvalue weighted by molar-refractivity contribution is 0.112. The molecule has 3 nitrogen and oxygen atoms in total. The van der Waals surface area contributed by atoms with Gasteiger partial charge in [0.25, 0.3) is 0 Å². The summed E-state index contributed by atoms with van der Waals surface area (Å²) in [7, 11) is -3.06. The Labute approximate surface area is 204 Å². The highest BCUT2D eigenvalue weighted by molar-refractivity contribution is 7.85. The fourth-order valence-corrected chi connectivity index (χ4v) is 5.86. The lowest BCUT2D eigenvalue weighted by atomic mass is 10.2. The Bertz CT molecular complexity index is 1120. The van der Waals surface area contributed by atoms with E-state index in [1.54, 1.807) is 18.2 Å². The first-order valence-corrected chi connectivity index (χ1v) is 13.0. The van der Waals surface area contributed by atoms with E-state index in [1.807, 2.05) is 103 Å². The van der Waals surface area contributed by atoms with Crippen molar-refractivity contribution < 1.29 is 9.36 Å². The van der Waals surface area contributed by atoms with Crippen LogP contribution in [0.25, 0.3) is 0 Å². The highest BCUT2D eigenvalue weighted by Gasteiger charge is 2.31. The molecule has 0 spiro atoms. The lowest BCUT2D eigenvalue weighted by Gasteiger charge is -2.21. The number of hydrogen-bond donors (Lipinski definition) is 1. The number of carbonyl (C=O) groups is 1. The van der Waals surface area contributed by atoms with Gasteiger partial charge in [-0.1, -0.05) is 103 Å². The Morgan fingerprint density at radius 3 is 1.48 bits per heavy atom. The maximum absolute atomic E-state index is 14.0. The molecule has 2 N–H and O–H groups in total. The number of carbonyl (C=O) groups excluding carboxylic acids is 1. The molecule has 0 amide bonds. The Morgan fingerprint density at radius 1 is 0.727 bits per heavy atom. The third kappa shape index (κ3) is 7.45. The Balaban J connectivity index is 0.000000290. The van der Waals surface area contributed by atoms with Crippen LogP contribution < -0.4 is 21.6 Å². The van der Waals surface area contributed by atoms with Gasteiger partial charge in [-0.25, -0.2) is 0 Å². The van der Waals surface area contributed by atoms with Crippen LogP contribution in [0.4, 0.5) is 5.69 Å². The third-order valence-electron chi connectivity index (χ3n) is 4.61. The van der Waals surface area contributed by atoms with Crippen LogP contribution in [0.5, 0.6) is 0 Å². The Hall–Kier alpha value is -3.15. The molecule has 0 bridgehead atoms. The molecule has 5 heteroatoms. The van der Waals surface area contributed by atoms with E-state index in [4.69, 9.17) is 5.73 Å². The normalized spacial score (nSPS) is 9.94.